The largest absolute Gasteiger partial charge is 0.511 e. The molecule has 1 N–H and O–H groups in total. The van der Waals surface area contributed by atoms with Crippen LogP contribution in [0.5, 0.6) is 0 Å². The highest BCUT2D eigenvalue weighted by atomic mass is 127. The lowest BCUT2D eigenvalue weighted by atomic mass is 9.98. The molecule has 172 valence electrons. The monoisotopic (exact) mass is 564 g/mol. The van der Waals surface area contributed by atoms with Crippen molar-refractivity contribution in [3.63, 3.8) is 0 Å². The van der Waals surface area contributed by atoms with Gasteiger partial charge in [-0.05, 0) is 30.7 Å². The number of sulfonamides is 1. The summed E-state index contributed by atoms with van der Waals surface area (Å²) >= 11 is 0. The summed E-state index contributed by atoms with van der Waals surface area (Å²) in [6, 6.07) is 0. The Bertz CT molecular complexity index is 837. The molecular formula is C17H28F3IN6O2S. The number of halogens is 4. The van der Waals surface area contributed by atoms with E-state index in [0.717, 1.165) is 25.5 Å². The minimum absolute atomic E-state index is 0. The van der Waals surface area contributed by atoms with Crippen LogP contribution in [0.4, 0.5) is 13.2 Å². The summed E-state index contributed by atoms with van der Waals surface area (Å²) in [6.45, 7) is 2.02. The number of aryl methyl sites for hydroxylation is 1. The number of alkyl halides is 3. The summed E-state index contributed by atoms with van der Waals surface area (Å²) in [4.78, 5) is 6.50. The molecule has 30 heavy (non-hydrogen) atoms. The molecule has 0 saturated carbocycles. The zero-order valence-electron chi connectivity index (χ0n) is 17.0. The third kappa shape index (κ3) is 5.58. The van der Waals surface area contributed by atoms with E-state index in [9.17, 15) is 21.6 Å². The normalized spacial score (nSPS) is 22.2. The van der Waals surface area contributed by atoms with Crippen molar-refractivity contribution in [2.75, 3.05) is 39.8 Å². The van der Waals surface area contributed by atoms with E-state index in [1.807, 2.05) is 19.4 Å². The molecule has 0 amide bonds. The summed E-state index contributed by atoms with van der Waals surface area (Å²) in [5.74, 6) is 1.25. The average molecular weight is 564 g/mol. The second-order valence-corrected chi connectivity index (χ2v) is 9.53. The second-order valence-electron chi connectivity index (χ2n) is 7.60. The number of hydrogen-bond donors (Lipinski definition) is 1. The van der Waals surface area contributed by atoms with E-state index >= 15 is 0 Å². The zero-order valence-corrected chi connectivity index (χ0v) is 20.1. The van der Waals surface area contributed by atoms with Gasteiger partial charge in [0.15, 0.2) is 5.96 Å². The third-order valence-corrected chi connectivity index (χ3v) is 7.28. The lowest BCUT2D eigenvalue weighted by Crippen LogP contribution is -2.47. The Balaban J connectivity index is 0.00000320. The number of nitrogens with one attached hydrogen (secondary N) is 1. The molecule has 0 aliphatic carbocycles. The maximum Gasteiger partial charge on any atom is 0.511 e. The average Bonchev–Trinajstić information content (AvgIpc) is 3.31. The number of aliphatic imine (C=N–C) groups is 1. The molecule has 2 aliphatic rings. The van der Waals surface area contributed by atoms with Crippen molar-refractivity contribution in [2.24, 2.45) is 18.0 Å². The minimum Gasteiger partial charge on any atom is -0.356 e. The molecule has 3 rings (SSSR count). The fourth-order valence-corrected chi connectivity index (χ4v) is 4.93. The smallest absolute Gasteiger partial charge is 0.356 e. The van der Waals surface area contributed by atoms with Gasteiger partial charge < -0.3 is 10.2 Å². The molecule has 0 aromatic carbocycles. The number of likely N-dealkylation sites (tertiary alicyclic amines) is 1. The van der Waals surface area contributed by atoms with Gasteiger partial charge in [-0.1, -0.05) is 0 Å². The molecule has 2 saturated heterocycles. The van der Waals surface area contributed by atoms with E-state index in [-0.39, 0.29) is 43.0 Å². The van der Waals surface area contributed by atoms with Crippen molar-refractivity contribution in [1.29, 1.82) is 0 Å². The Morgan fingerprint density at radius 2 is 1.93 bits per heavy atom. The summed E-state index contributed by atoms with van der Waals surface area (Å²) in [6.07, 6.45) is 5.68. The Kier molecular flexibility index (Phi) is 8.41. The van der Waals surface area contributed by atoms with Crippen LogP contribution in [0.25, 0.3) is 0 Å². The lowest BCUT2D eigenvalue weighted by Gasteiger charge is -2.32. The minimum atomic E-state index is -5.24. The van der Waals surface area contributed by atoms with E-state index in [4.69, 9.17) is 0 Å². The Morgan fingerprint density at radius 3 is 2.47 bits per heavy atom. The van der Waals surface area contributed by atoms with Crippen molar-refractivity contribution >= 4 is 40.0 Å². The first-order chi connectivity index (χ1) is 13.6. The number of piperidine rings is 1. The molecule has 3 heterocycles. The first-order valence-corrected chi connectivity index (χ1v) is 11.1. The van der Waals surface area contributed by atoms with E-state index < -0.39 is 15.5 Å². The van der Waals surface area contributed by atoms with Crippen molar-refractivity contribution in [3.8, 4) is 0 Å². The summed E-state index contributed by atoms with van der Waals surface area (Å²) in [7, 11) is -1.63. The van der Waals surface area contributed by atoms with Crippen LogP contribution in [-0.4, -0.2) is 78.6 Å². The van der Waals surface area contributed by atoms with Crippen LogP contribution in [0.15, 0.2) is 17.4 Å². The SMILES string of the molecule is CN=C(NCC1CCN(S(=O)(=O)C(F)(F)F)CC1)N1CCC(c2cnn(C)c2)C1.I. The van der Waals surface area contributed by atoms with Gasteiger partial charge in [-0.2, -0.15) is 22.6 Å². The van der Waals surface area contributed by atoms with Gasteiger partial charge in [0.2, 0.25) is 0 Å². The van der Waals surface area contributed by atoms with Crippen LogP contribution < -0.4 is 5.32 Å². The number of nitrogens with zero attached hydrogens (tertiary/aromatic N) is 5. The van der Waals surface area contributed by atoms with Crippen LogP contribution >= 0.6 is 24.0 Å². The van der Waals surface area contributed by atoms with Crippen LogP contribution in [-0.2, 0) is 17.1 Å². The summed E-state index contributed by atoms with van der Waals surface area (Å²) < 4.78 is 63.4. The van der Waals surface area contributed by atoms with Crippen LogP contribution in [0, 0.1) is 5.92 Å². The number of hydrogen-bond acceptors (Lipinski definition) is 4. The van der Waals surface area contributed by atoms with Gasteiger partial charge >= 0.3 is 15.5 Å². The highest BCUT2D eigenvalue weighted by molar-refractivity contribution is 14.0. The van der Waals surface area contributed by atoms with Gasteiger partial charge in [-0.25, -0.2) is 8.42 Å². The molecule has 0 spiro atoms. The molecule has 1 aromatic heterocycles. The quantitative estimate of drug-likeness (QED) is 0.344. The highest BCUT2D eigenvalue weighted by Gasteiger charge is 2.50. The zero-order chi connectivity index (χ0) is 21.2. The molecule has 0 radical (unpaired) electrons. The van der Waals surface area contributed by atoms with Gasteiger partial charge in [-0.3, -0.25) is 9.67 Å². The molecule has 1 atom stereocenters. The van der Waals surface area contributed by atoms with Gasteiger partial charge in [-0.15, -0.1) is 24.0 Å². The molecule has 1 unspecified atom stereocenters. The highest BCUT2D eigenvalue weighted by Crippen LogP contribution is 2.30. The molecule has 2 fully saturated rings. The second kappa shape index (κ2) is 10.0. The van der Waals surface area contributed by atoms with Crippen molar-refractivity contribution in [3.05, 3.63) is 18.0 Å². The van der Waals surface area contributed by atoms with Gasteiger partial charge in [0.25, 0.3) is 0 Å². The Morgan fingerprint density at radius 1 is 1.27 bits per heavy atom. The standard InChI is InChI=1S/C17H27F3N6O2S.HI/c1-21-16(25-6-5-14(12-25)15-10-23-24(2)11-15)22-9-13-3-7-26(8-4-13)29(27,28)17(18,19)20;/h10-11,13-14H,3-9,12H2,1-2H3,(H,21,22);1H. The number of aromatic nitrogens is 2. The van der Waals surface area contributed by atoms with Gasteiger partial charge in [0.05, 0.1) is 6.20 Å². The van der Waals surface area contributed by atoms with Crippen LogP contribution in [0.3, 0.4) is 0 Å². The fourth-order valence-electron chi connectivity index (χ4n) is 3.94. The predicted molar refractivity (Wildman–Crippen MR) is 118 cm³/mol. The predicted octanol–water partition coefficient (Wildman–Crippen LogP) is 1.96. The van der Waals surface area contributed by atoms with E-state index in [0.29, 0.717) is 29.6 Å². The topological polar surface area (TPSA) is 82.8 Å². The Labute approximate surface area is 192 Å². The van der Waals surface area contributed by atoms with E-state index in [1.54, 1.807) is 11.7 Å². The van der Waals surface area contributed by atoms with Crippen LogP contribution in [0.2, 0.25) is 0 Å². The first-order valence-electron chi connectivity index (χ1n) is 9.62. The molecule has 1 aromatic rings. The van der Waals surface area contributed by atoms with Crippen molar-refractivity contribution in [1.82, 2.24) is 24.3 Å². The molecule has 0 bridgehead atoms. The third-order valence-electron chi connectivity index (χ3n) is 5.65. The van der Waals surface area contributed by atoms with Gasteiger partial charge in [0.1, 0.15) is 0 Å². The maximum atomic E-state index is 12.7. The van der Waals surface area contributed by atoms with Crippen molar-refractivity contribution < 1.29 is 21.6 Å². The molecule has 13 heteroatoms. The first kappa shape index (κ1) is 25.2. The fraction of sp³-hybridized carbons (Fsp3) is 0.765. The summed E-state index contributed by atoms with van der Waals surface area (Å²) in [5, 5.41) is 7.53. The van der Waals surface area contributed by atoms with E-state index in [2.05, 4.69) is 20.3 Å². The lowest BCUT2D eigenvalue weighted by molar-refractivity contribution is -0.0496. The van der Waals surface area contributed by atoms with Gasteiger partial charge in [0, 0.05) is 58.9 Å². The van der Waals surface area contributed by atoms with Crippen molar-refractivity contribution in [2.45, 2.75) is 30.7 Å². The molecule has 2 aliphatic heterocycles. The number of rotatable bonds is 4. The number of guanidine groups is 1. The van der Waals surface area contributed by atoms with Crippen LogP contribution in [0.1, 0.15) is 30.7 Å². The maximum absolute atomic E-state index is 12.7. The van der Waals surface area contributed by atoms with E-state index in [1.165, 1.54) is 5.56 Å². The summed E-state index contributed by atoms with van der Waals surface area (Å²) in [5.41, 5.74) is -4.04. The molecular weight excluding hydrogens is 536 g/mol. The molecule has 8 nitrogen and oxygen atoms in total. The Hall–Kier alpha value is -1.09.